The highest BCUT2D eigenvalue weighted by Gasteiger charge is 2.46. The summed E-state index contributed by atoms with van der Waals surface area (Å²) in [6.45, 7) is 2.88. The predicted octanol–water partition coefficient (Wildman–Crippen LogP) is 2.84. The normalized spacial score (nSPS) is 21.4. The van der Waals surface area contributed by atoms with Crippen LogP contribution in [0.3, 0.4) is 0 Å². The summed E-state index contributed by atoms with van der Waals surface area (Å²) in [6.07, 6.45) is 6.14. The lowest BCUT2D eigenvalue weighted by molar-refractivity contribution is -0.126. The third kappa shape index (κ3) is 3.09. The van der Waals surface area contributed by atoms with Gasteiger partial charge in [-0.05, 0) is 43.7 Å². The minimum absolute atomic E-state index is 0. The van der Waals surface area contributed by atoms with Crippen molar-refractivity contribution in [2.24, 2.45) is 5.73 Å². The Morgan fingerprint density at radius 2 is 1.81 bits per heavy atom. The van der Waals surface area contributed by atoms with Gasteiger partial charge in [-0.3, -0.25) is 4.79 Å². The van der Waals surface area contributed by atoms with Gasteiger partial charge in [0.1, 0.15) is 0 Å². The lowest BCUT2D eigenvalue weighted by atomic mass is 9.91. The first-order chi connectivity index (χ1) is 9.56. The van der Waals surface area contributed by atoms with Gasteiger partial charge in [0.25, 0.3) is 0 Å². The zero-order chi connectivity index (χ0) is 14.2. The van der Waals surface area contributed by atoms with Crippen molar-refractivity contribution in [3.63, 3.8) is 0 Å². The minimum Gasteiger partial charge on any atom is -0.354 e. The second kappa shape index (κ2) is 5.98. The van der Waals surface area contributed by atoms with Gasteiger partial charge < -0.3 is 11.1 Å². The van der Waals surface area contributed by atoms with Crippen molar-refractivity contribution in [1.29, 1.82) is 0 Å². The Morgan fingerprint density at radius 3 is 2.38 bits per heavy atom. The van der Waals surface area contributed by atoms with E-state index in [1.54, 1.807) is 0 Å². The number of nitrogens with two attached hydrogens (primary N) is 1. The minimum atomic E-state index is -0.609. The van der Waals surface area contributed by atoms with Gasteiger partial charge in [0, 0.05) is 12.0 Å². The summed E-state index contributed by atoms with van der Waals surface area (Å²) >= 11 is 0. The molecule has 1 aromatic rings. The van der Waals surface area contributed by atoms with Crippen LogP contribution in [-0.4, -0.2) is 18.0 Å². The van der Waals surface area contributed by atoms with Gasteiger partial charge in [-0.2, -0.15) is 0 Å². The van der Waals surface area contributed by atoms with E-state index in [4.69, 9.17) is 5.73 Å². The molecule has 0 spiro atoms. The Morgan fingerprint density at radius 1 is 1.19 bits per heavy atom. The molecule has 0 bridgehead atoms. The van der Waals surface area contributed by atoms with E-state index < -0.39 is 5.54 Å². The van der Waals surface area contributed by atoms with Crippen LogP contribution in [0.5, 0.6) is 0 Å². The van der Waals surface area contributed by atoms with Crippen LogP contribution in [0.2, 0.25) is 0 Å². The summed E-state index contributed by atoms with van der Waals surface area (Å²) < 4.78 is 0. The molecule has 2 saturated carbocycles. The van der Waals surface area contributed by atoms with Crippen molar-refractivity contribution in [2.45, 2.75) is 56.4 Å². The number of rotatable bonds is 4. The van der Waals surface area contributed by atoms with Crippen molar-refractivity contribution in [3.8, 4) is 0 Å². The van der Waals surface area contributed by atoms with Crippen LogP contribution in [0.4, 0.5) is 0 Å². The molecule has 3 nitrogen and oxygen atoms in total. The number of aryl methyl sites for hydroxylation is 1. The fraction of sp³-hybridized carbons (Fsp3) is 0.588. The molecule has 1 amide bonds. The average molecular weight is 309 g/mol. The highest BCUT2D eigenvalue weighted by atomic mass is 35.5. The number of hydrogen-bond acceptors (Lipinski definition) is 2. The monoisotopic (exact) mass is 308 g/mol. The van der Waals surface area contributed by atoms with E-state index in [0.717, 1.165) is 45.1 Å². The van der Waals surface area contributed by atoms with Gasteiger partial charge in [0.05, 0.1) is 5.54 Å². The Hall–Kier alpha value is -1.06. The van der Waals surface area contributed by atoms with Gasteiger partial charge in [0.15, 0.2) is 0 Å². The molecule has 3 rings (SSSR count). The molecule has 0 saturated heterocycles. The second-order valence-electron chi connectivity index (χ2n) is 6.64. The van der Waals surface area contributed by atoms with Crippen molar-refractivity contribution in [1.82, 2.24) is 5.32 Å². The Balaban J connectivity index is 0.00000161. The quantitative estimate of drug-likeness (QED) is 0.898. The molecule has 2 aliphatic carbocycles. The van der Waals surface area contributed by atoms with E-state index in [0.29, 0.717) is 0 Å². The maximum Gasteiger partial charge on any atom is 0.240 e. The smallest absolute Gasteiger partial charge is 0.240 e. The lowest BCUT2D eigenvalue weighted by Gasteiger charge is -2.25. The van der Waals surface area contributed by atoms with Crippen LogP contribution in [0, 0.1) is 6.92 Å². The van der Waals surface area contributed by atoms with Crippen LogP contribution in [0.25, 0.3) is 0 Å². The van der Waals surface area contributed by atoms with Crippen LogP contribution in [0.15, 0.2) is 24.3 Å². The summed E-state index contributed by atoms with van der Waals surface area (Å²) in [5.41, 5.74) is 8.47. The molecule has 0 aromatic heterocycles. The van der Waals surface area contributed by atoms with Crippen LogP contribution < -0.4 is 11.1 Å². The largest absolute Gasteiger partial charge is 0.354 e. The fourth-order valence-electron chi connectivity index (χ4n) is 3.52. The number of benzene rings is 1. The Bertz CT molecular complexity index is 519. The van der Waals surface area contributed by atoms with Crippen molar-refractivity contribution in [3.05, 3.63) is 35.4 Å². The van der Waals surface area contributed by atoms with E-state index in [1.807, 2.05) is 0 Å². The van der Waals surface area contributed by atoms with Gasteiger partial charge >= 0.3 is 0 Å². The summed E-state index contributed by atoms with van der Waals surface area (Å²) in [4.78, 5) is 12.3. The zero-order valence-electron chi connectivity index (χ0n) is 12.7. The van der Waals surface area contributed by atoms with Crippen molar-refractivity contribution >= 4 is 18.3 Å². The standard InChI is InChI=1S/C17H24N2O.ClH/c1-13-6-2-3-7-14(13)16(10-11-16)12-19-15(20)17(18)8-4-5-9-17;/h2-3,6-7H,4-5,8-12,18H2,1H3,(H,19,20);1H. The molecule has 3 N–H and O–H groups in total. The van der Waals surface area contributed by atoms with E-state index in [2.05, 4.69) is 36.5 Å². The molecular weight excluding hydrogens is 284 g/mol. The van der Waals surface area contributed by atoms with Gasteiger partial charge in [-0.1, -0.05) is 37.1 Å². The van der Waals surface area contributed by atoms with Crippen molar-refractivity contribution in [2.75, 3.05) is 6.54 Å². The SMILES string of the molecule is Cc1ccccc1C1(CNC(=O)C2(N)CCCC2)CC1.Cl. The molecule has 1 aromatic carbocycles. The zero-order valence-corrected chi connectivity index (χ0v) is 13.5. The molecule has 116 valence electrons. The molecule has 0 atom stereocenters. The average Bonchev–Trinajstić information content (AvgIpc) is 3.10. The molecule has 4 heteroatoms. The molecule has 21 heavy (non-hydrogen) atoms. The van der Waals surface area contributed by atoms with E-state index >= 15 is 0 Å². The molecule has 2 fully saturated rings. The molecular formula is C17H25ClN2O. The number of amides is 1. The maximum absolute atomic E-state index is 12.3. The second-order valence-corrected chi connectivity index (χ2v) is 6.64. The number of halogens is 1. The first-order valence-electron chi connectivity index (χ1n) is 7.69. The fourth-order valence-corrected chi connectivity index (χ4v) is 3.52. The first kappa shape index (κ1) is 16.3. The van der Waals surface area contributed by atoms with E-state index in [9.17, 15) is 4.79 Å². The molecule has 2 aliphatic rings. The number of carbonyl (C=O) groups excluding carboxylic acids is 1. The van der Waals surface area contributed by atoms with E-state index in [1.165, 1.54) is 11.1 Å². The van der Waals surface area contributed by atoms with Gasteiger partial charge in [-0.25, -0.2) is 0 Å². The van der Waals surface area contributed by atoms with E-state index in [-0.39, 0.29) is 23.7 Å². The maximum atomic E-state index is 12.3. The number of nitrogens with one attached hydrogen (secondary N) is 1. The van der Waals surface area contributed by atoms with Gasteiger partial charge in [0.2, 0.25) is 5.91 Å². The van der Waals surface area contributed by atoms with Crippen LogP contribution >= 0.6 is 12.4 Å². The van der Waals surface area contributed by atoms with Crippen LogP contribution in [0.1, 0.15) is 49.7 Å². The third-order valence-electron chi connectivity index (χ3n) is 5.11. The highest BCUT2D eigenvalue weighted by Crippen LogP contribution is 2.48. The van der Waals surface area contributed by atoms with Crippen molar-refractivity contribution < 1.29 is 4.79 Å². The Labute approximate surface area is 133 Å². The lowest BCUT2D eigenvalue weighted by Crippen LogP contribution is -2.53. The first-order valence-corrected chi connectivity index (χ1v) is 7.69. The highest BCUT2D eigenvalue weighted by molar-refractivity contribution is 5.86. The molecule has 0 radical (unpaired) electrons. The molecule has 0 heterocycles. The van der Waals surface area contributed by atoms with Gasteiger partial charge in [-0.15, -0.1) is 12.4 Å². The predicted molar refractivity (Wildman–Crippen MR) is 87.7 cm³/mol. The summed E-state index contributed by atoms with van der Waals surface area (Å²) in [5, 5.41) is 3.13. The van der Waals surface area contributed by atoms with Crippen LogP contribution in [-0.2, 0) is 10.2 Å². The summed E-state index contributed by atoms with van der Waals surface area (Å²) in [6, 6.07) is 8.51. The molecule has 0 unspecified atom stereocenters. The number of hydrogen-bond donors (Lipinski definition) is 2. The number of carbonyl (C=O) groups is 1. The topological polar surface area (TPSA) is 55.1 Å². The summed E-state index contributed by atoms with van der Waals surface area (Å²) in [5.74, 6) is 0.0508. The third-order valence-corrected chi connectivity index (χ3v) is 5.11. The Kier molecular flexibility index (Phi) is 4.64. The summed E-state index contributed by atoms with van der Waals surface area (Å²) in [7, 11) is 0. The molecule has 0 aliphatic heterocycles.